The van der Waals surface area contributed by atoms with Gasteiger partial charge >= 0.3 is 0 Å². The second kappa shape index (κ2) is 7.89. The summed E-state index contributed by atoms with van der Waals surface area (Å²) in [5.41, 5.74) is 0. The molecule has 0 atom stereocenters. The molecular weight excluding hydrogens is 242 g/mol. The Morgan fingerprint density at radius 2 is 2.17 bits per heavy atom. The number of hydrogen-bond donors (Lipinski definition) is 1. The van der Waals surface area contributed by atoms with Crippen LogP contribution in [0.15, 0.2) is 17.5 Å². The molecule has 0 unspecified atom stereocenters. The molecule has 0 spiro atoms. The minimum atomic E-state index is 1.11. The molecule has 1 aromatic heterocycles. The topological polar surface area (TPSA) is 18.5 Å². The molecule has 1 aliphatic heterocycles. The third-order valence-electron chi connectivity index (χ3n) is 3.55. The van der Waals surface area contributed by atoms with E-state index in [-0.39, 0.29) is 0 Å². The summed E-state index contributed by atoms with van der Waals surface area (Å²) in [6.45, 7) is 8.37. The Hall–Kier alpha value is -0.420. The fraction of sp³-hybridized carbons (Fsp3) is 0.714. The van der Waals surface area contributed by atoms with Gasteiger partial charge in [-0.15, -0.1) is 11.3 Å². The molecule has 0 aliphatic carbocycles. The first-order valence-electron chi connectivity index (χ1n) is 6.98. The molecular formula is C14H25N3S. The van der Waals surface area contributed by atoms with Gasteiger partial charge in [-0.05, 0) is 44.4 Å². The molecule has 1 fully saturated rings. The van der Waals surface area contributed by atoms with Crippen molar-refractivity contribution in [3.8, 4) is 0 Å². The fourth-order valence-electron chi connectivity index (χ4n) is 2.35. The standard InChI is InChI=1S/C14H25N3S/c1-16-8-3-9-17(12-11-16)10-7-15-6-5-14-4-2-13-18-14/h2,4,13,15H,3,5-12H2,1H3. The Labute approximate surface area is 115 Å². The quantitative estimate of drug-likeness (QED) is 0.789. The monoisotopic (exact) mass is 267 g/mol. The van der Waals surface area contributed by atoms with Crippen molar-refractivity contribution in [2.45, 2.75) is 12.8 Å². The summed E-state index contributed by atoms with van der Waals surface area (Å²) in [5.74, 6) is 0. The Bertz CT molecular complexity index is 313. The van der Waals surface area contributed by atoms with Gasteiger partial charge in [0.1, 0.15) is 0 Å². The molecule has 1 aromatic rings. The summed E-state index contributed by atoms with van der Waals surface area (Å²) in [6, 6.07) is 4.35. The van der Waals surface area contributed by atoms with Crippen molar-refractivity contribution in [1.29, 1.82) is 0 Å². The molecule has 0 radical (unpaired) electrons. The van der Waals surface area contributed by atoms with Gasteiger partial charge in [0.2, 0.25) is 0 Å². The molecule has 0 bridgehead atoms. The molecule has 102 valence electrons. The second-order valence-corrected chi connectivity index (χ2v) is 6.11. The molecule has 4 heteroatoms. The van der Waals surface area contributed by atoms with Crippen molar-refractivity contribution >= 4 is 11.3 Å². The van der Waals surface area contributed by atoms with Gasteiger partial charge in [-0.3, -0.25) is 0 Å². The average molecular weight is 267 g/mol. The first kappa shape index (κ1) is 14.0. The summed E-state index contributed by atoms with van der Waals surface area (Å²) in [4.78, 5) is 6.50. The summed E-state index contributed by atoms with van der Waals surface area (Å²) >= 11 is 1.86. The van der Waals surface area contributed by atoms with E-state index in [0.29, 0.717) is 0 Å². The molecule has 1 aliphatic rings. The molecule has 2 heterocycles. The van der Waals surface area contributed by atoms with Gasteiger partial charge in [-0.1, -0.05) is 6.07 Å². The van der Waals surface area contributed by atoms with E-state index >= 15 is 0 Å². The van der Waals surface area contributed by atoms with Crippen LogP contribution in [0, 0.1) is 0 Å². The lowest BCUT2D eigenvalue weighted by Crippen LogP contribution is -2.35. The molecule has 0 saturated carbocycles. The van der Waals surface area contributed by atoms with Crippen molar-refractivity contribution in [3.63, 3.8) is 0 Å². The van der Waals surface area contributed by atoms with Crippen LogP contribution in [0.4, 0.5) is 0 Å². The van der Waals surface area contributed by atoms with Crippen LogP contribution in [0.25, 0.3) is 0 Å². The van der Waals surface area contributed by atoms with Crippen LogP contribution in [-0.2, 0) is 6.42 Å². The number of rotatable bonds is 6. The summed E-state index contributed by atoms with van der Waals surface area (Å²) in [6.07, 6.45) is 2.48. The smallest absolute Gasteiger partial charge is 0.0110 e. The zero-order valence-electron chi connectivity index (χ0n) is 11.4. The van der Waals surface area contributed by atoms with E-state index in [4.69, 9.17) is 0 Å². The lowest BCUT2D eigenvalue weighted by molar-refractivity contribution is 0.276. The lowest BCUT2D eigenvalue weighted by atomic mass is 10.3. The molecule has 0 amide bonds. The van der Waals surface area contributed by atoms with Crippen molar-refractivity contribution in [2.24, 2.45) is 0 Å². The van der Waals surface area contributed by atoms with Gasteiger partial charge in [0.05, 0.1) is 0 Å². The van der Waals surface area contributed by atoms with E-state index in [1.54, 1.807) is 0 Å². The lowest BCUT2D eigenvalue weighted by Gasteiger charge is -2.20. The normalized spacial score (nSPS) is 18.9. The van der Waals surface area contributed by atoms with E-state index in [1.165, 1.54) is 50.4 Å². The first-order valence-corrected chi connectivity index (χ1v) is 7.86. The van der Waals surface area contributed by atoms with Crippen LogP contribution in [0.5, 0.6) is 0 Å². The maximum Gasteiger partial charge on any atom is 0.0110 e. The van der Waals surface area contributed by atoms with Crippen molar-refractivity contribution in [1.82, 2.24) is 15.1 Å². The highest BCUT2D eigenvalue weighted by Crippen LogP contribution is 2.08. The molecule has 0 aromatic carbocycles. The SMILES string of the molecule is CN1CCCN(CCNCCc2cccs2)CC1. The highest BCUT2D eigenvalue weighted by atomic mass is 32.1. The van der Waals surface area contributed by atoms with Crippen LogP contribution in [0.1, 0.15) is 11.3 Å². The summed E-state index contributed by atoms with van der Waals surface area (Å²) in [7, 11) is 2.22. The minimum absolute atomic E-state index is 1.11. The largest absolute Gasteiger partial charge is 0.315 e. The van der Waals surface area contributed by atoms with Gasteiger partial charge in [0.25, 0.3) is 0 Å². The van der Waals surface area contributed by atoms with E-state index in [9.17, 15) is 0 Å². The van der Waals surface area contributed by atoms with E-state index in [2.05, 4.69) is 39.7 Å². The average Bonchev–Trinajstić information content (AvgIpc) is 2.79. The second-order valence-electron chi connectivity index (χ2n) is 5.08. The zero-order chi connectivity index (χ0) is 12.6. The van der Waals surface area contributed by atoms with Gasteiger partial charge in [0, 0.05) is 37.6 Å². The first-order chi connectivity index (χ1) is 8.84. The van der Waals surface area contributed by atoms with Crippen molar-refractivity contribution in [2.75, 3.05) is 52.9 Å². The predicted molar refractivity (Wildman–Crippen MR) is 79.4 cm³/mol. The number of nitrogens with one attached hydrogen (secondary N) is 1. The van der Waals surface area contributed by atoms with Crippen LogP contribution >= 0.6 is 11.3 Å². The number of thiophene rings is 1. The Morgan fingerprint density at radius 3 is 3.00 bits per heavy atom. The Morgan fingerprint density at radius 1 is 1.22 bits per heavy atom. The Balaban J connectivity index is 1.52. The van der Waals surface area contributed by atoms with E-state index in [1.807, 2.05) is 11.3 Å². The van der Waals surface area contributed by atoms with E-state index in [0.717, 1.165) is 13.1 Å². The highest BCUT2D eigenvalue weighted by molar-refractivity contribution is 7.09. The number of hydrogen-bond acceptors (Lipinski definition) is 4. The van der Waals surface area contributed by atoms with E-state index < -0.39 is 0 Å². The third kappa shape index (κ3) is 5.06. The highest BCUT2D eigenvalue weighted by Gasteiger charge is 2.10. The van der Waals surface area contributed by atoms with Crippen molar-refractivity contribution in [3.05, 3.63) is 22.4 Å². The maximum absolute atomic E-state index is 3.55. The number of nitrogens with zero attached hydrogens (tertiary/aromatic N) is 2. The van der Waals surface area contributed by atoms with Gasteiger partial charge in [-0.2, -0.15) is 0 Å². The molecule has 18 heavy (non-hydrogen) atoms. The zero-order valence-corrected chi connectivity index (χ0v) is 12.2. The van der Waals surface area contributed by atoms with Gasteiger partial charge in [-0.25, -0.2) is 0 Å². The van der Waals surface area contributed by atoms with Gasteiger partial charge < -0.3 is 15.1 Å². The Kier molecular flexibility index (Phi) is 6.14. The minimum Gasteiger partial charge on any atom is -0.315 e. The van der Waals surface area contributed by atoms with Crippen LogP contribution < -0.4 is 5.32 Å². The van der Waals surface area contributed by atoms with Crippen LogP contribution in [0.3, 0.4) is 0 Å². The molecule has 1 saturated heterocycles. The molecule has 3 nitrogen and oxygen atoms in total. The van der Waals surface area contributed by atoms with Crippen LogP contribution in [-0.4, -0.2) is 62.7 Å². The predicted octanol–water partition coefficient (Wildman–Crippen LogP) is 1.52. The molecule has 2 rings (SSSR count). The number of likely N-dealkylation sites (N-methyl/N-ethyl adjacent to an activating group) is 1. The third-order valence-corrected chi connectivity index (χ3v) is 4.48. The summed E-state index contributed by atoms with van der Waals surface area (Å²) < 4.78 is 0. The van der Waals surface area contributed by atoms with Gasteiger partial charge in [0.15, 0.2) is 0 Å². The van der Waals surface area contributed by atoms with Crippen LogP contribution in [0.2, 0.25) is 0 Å². The van der Waals surface area contributed by atoms with Crippen molar-refractivity contribution < 1.29 is 0 Å². The molecule has 1 N–H and O–H groups in total. The fourth-order valence-corrected chi connectivity index (χ4v) is 3.06. The maximum atomic E-state index is 3.55. The summed E-state index contributed by atoms with van der Waals surface area (Å²) in [5, 5.41) is 5.71.